The van der Waals surface area contributed by atoms with Gasteiger partial charge in [-0.2, -0.15) is 13.2 Å². The number of imide groups is 2. The summed E-state index contributed by atoms with van der Waals surface area (Å²) >= 11 is 0. The van der Waals surface area contributed by atoms with Gasteiger partial charge in [0.2, 0.25) is 0 Å². The Labute approximate surface area is 180 Å². The molecule has 1 aliphatic heterocycles. The smallest absolute Gasteiger partial charge is 0.416 e. The molecule has 0 saturated carbocycles. The third-order valence-electron chi connectivity index (χ3n) is 4.52. The third kappa shape index (κ3) is 5.17. The number of barbiturate groups is 1. The van der Waals surface area contributed by atoms with Gasteiger partial charge in [0.15, 0.2) is 0 Å². The molecule has 1 fully saturated rings. The summed E-state index contributed by atoms with van der Waals surface area (Å²) in [6, 6.07) is 8.95. The number of halogens is 3. The van der Waals surface area contributed by atoms with Gasteiger partial charge >= 0.3 is 12.2 Å². The maximum atomic E-state index is 12.7. The van der Waals surface area contributed by atoms with Gasteiger partial charge in [-0.1, -0.05) is 0 Å². The van der Waals surface area contributed by atoms with Crippen LogP contribution in [-0.2, 0) is 20.5 Å². The van der Waals surface area contributed by atoms with Crippen LogP contribution < -0.4 is 20.1 Å². The molecule has 1 saturated heterocycles. The Morgan fingerprint density at radius 3 is 1.84 bits per heavy atom. The van der Waals surface area contributed by atoms with E-state index in [9.17, 15) is 27.6 Å². The third-order valence-corrected chi connectivity index (χ3v) is 4.52. The Morgan fingerprint density at radius 2 is 1.34 bits per heavy atom. The Kier molecular flexibility index (Phi) is 6.68. The van der Waals surface area contributed by atoms with Crippen molar-refractivity contribution in [3.8, 4) is 17.2 Å². The predicted molar refractivity (Wildman–Crippen MR) is 104 cm³/mol. The summed E-state index contributed by atoms with van der Waals surface area (Å²) in [6.07, 6.45) is -4.59. The van der Waals surface area contributed by atoms with Crippen LogP contribution in [0.2, 0.25) is 0 Å². The lowest BCUT2D eigenvalue weighted by atomic mass is 9.95. The number of nitrogens with one attached hydrogen (secondary N) is 2. The lowest BCUT2D eigenvalue weighted by molar-refractivity contribution is -0.153. The number of benzene rings is 2. The Morgan fingerprint density at radius 1 is 0.844 bits per heavy atom. The van der Waals surface area contributed by atoms with E-state index in [4.69, 9.17) is 14.2 Å². The van der Waals surface area contributed by atoms with Crippen molar-refractivity contribution in [2.75, 3.05) is 13.2 Å². The van der Waals surface area contributed by atoms with Crippen molar-refractivity contribution in [2.24, 2.45) is 0 Å². The summed E-state index contributed by atoms with van der Waals surface area (Å²) in [5.74, 6) is -1.24. The fourth-order valence-electron chi connectivity index (χ4n) is 2.90. The molecule has 1 heterocycles. The van der Waals surface area contributed by atoms with E-state index in [0.717, 1.165) is 12.1 Å². The fourth-order valence-corrected chi connectivity index (χ4v) is 2.90. The molecule has 32 heavy (non-hydrogen) atoms. The first kappa shape index (κ1) is 23.1. The van der Waals surface area contributed by atoms with Gasteiger partial charge < -0.3 is 14.2 Å². The minimum atomic E-state index is -4.45. The Bertz CT molecular complexity index is 970. The van der Waals surface area contributed by atoms with Gasteiger partial charge in [-0.25, -0.2) is 4.79 Å². The Hall–Kier alpha value is -3.60. The Balaban J connectivity index is 1.74. The van der Waals surface area contributed by atoms with E-state index in [1.165, 1.54) is 36.4 Å². The molecule has 1 aliphatic rings. The normalized spacial score (nSPS) is 15.7. The van der Waals surface area contributed by atoms with Gasteiger partial charge in [-0.05, 0) is 55.5 Å². The highest BCUT2D eigenvalue weighted by Crippen LogP contribution is 2.32. The van der Waals surface area contributed by atoms with Gasteiger partial charge in [0.1, 0.15) is 17.2 Å². The minimum absolute atomic E-state index is 0.0284. The van der Waals surface area contributed by atoms with Crippen molar-refractivity contribution in [3.63, 3.8) is 0 Å². The van der Waals surface area contributed by atoms with Crippen molar-refractivity contribution >= 4 is 17.8 Å². The SMILES string of the molecule is CCOCCC1(Oc2ccc(Oc3ccc(C(F)(F)F)cc3)cc2)C(=O)NC(=O)NC1=O. The molecule has 2 aromatic rings. The van der Waals surface area contributed by atoms with E-state index in [2.05, 4.69) is 0 Å². The number of hydrogen-bond donors (Lipinski definition) is 2. The van der Waals surface area contributed by atoms with Crippen molar-refractivity contribution in [2.45, 2.75) is 25.1 Å². The van der Waals surface area contributed by atoms with Gasteiger partial charge in [0.05, 0.1) is 12.2 Å². The van der Waals surface area contributed by atoms with Gasteiger partial charge in [-0.3, -0.25) is 20.2 Å². The molecular formula is C21H19F3N2O6. The quantitative estimate of drug-likeness (QED) is 0.470. The molecule has 0 bridgehead atoms. The average Bonchev–Trinajstić information content (AvgIpc) is 2.73. The topological polar surface area (TPSA) is 103 Å². The molecule has 2 aromatic carbocycles. The van der Waals surface area contributed by atoms with Gasteiger partial charge in [-0.15, -0.1) is 0 Å². The summed E-state index contributed by atoms with van der Waals surface area (Å²) in [5.41, 5.74) is -2.81. The largest absolute Gasteiger partial charge is 0.467 e. The number of hydrogen-bond acceptors (Lipinski definition) is 6. The van der Waals surface area contributed by atoms with E-state index in [0.29, 0.717) is 6.61 Å². The molecule has 0 radical (unpaired) electrons. The first-order valence-electron chi connectivity index (χ1n) is 9.53. The number of rotatable bonds is 8. The number of carbonyl (C=O) groups is 3. The zero-order chi connectivity index (χ0) is 23.4. The highest BCUT2D eigenvalue weighted by Gasteiger charge is 2.52. The molecule has 0 atom stereocenters. The standard InChI is InChI=1S/C21H19F3N2O6/c1-2-30-12-11-20(17(27)25-19(29)26-18(20)28)32-16-9-7-15(8-10-16)31-14-5-3-13(4-6-14)21(22,23)24/h3-10H,2,11-12H2,1H3,(H2,25,26,27,28,29). The average molecular weight is 452 g/mol. The van der Waals surface area contributed by atoms with E-state index >= 15 is 0 Å². The number of carbonyl (C=O) groups excluding carboxylic acids is 3. The number of alkyl halides is 3. The molecule has 8 nitrogen and oxygen atoms in total. The summed E-state index contributed by atoms with van der Waals surface area (Å²) in [5, 5.41) is 4.02. The maximum Gasteiger partial charge on any atom is 0.416 e. The van der Waals surface area contributed by atoms with Crippen LogP contribution in [0.5, 0.6) is 17.2 Å². The summed E-state index contributed by atoms with van der Waals surface area (Å²) < 4.78 is 54.4. The molecule has 3 rings (SSSR count). The van der Waals surface area contributed by atoms with Crippen LogP contribution in [0.1, 0.15) is 18.9 Å². The van der Waals surface area contributed by atoms with Crippen LogP contribution in [0, 0.1) is 0 Å². The lowest BCUT2D eigenvalue weighted by Gasteiger charge is -2.34. The highest BCUT2D eigenvalue weighted by atomic mass is 19.4. The first-order valence-corrected chi connectivity index (χ1v) is 9.53. The summed E-state index contributed by atoms with van der Waals surface area (Å²) in [6.45, 7) is 2.13. The number of urea groups is 1. The van der Waals surface area contributed by atoms with Crippen LogP contribution in [0.4, 0.5) is 18.0 Å². The van der Waals surface area contributed by atoms with Crippen molar-refractivity contribution in [1.82, 2.24) is 10.6 Å². The molecule has 170 valence electrons. The summed E-state index contributed by atoms with van der Waals surface area (Å²) in [4.78, 5) is 36.3. The van der Waals surface area contributed by atoms with Crippen molar-refractivity contribution in [3.05, 3.63) is 54.1 Å². The number of ether oxygens (including phenoxy) is 3. The van der Waals surface area contributed by atoms with Crippen LogP contribution >= 0.6 is 0 Å². The van der Waals surface area contributed by atoms with E-state index < -0.39 is 35.2 Å². The molecule has 11 heteroatoms. The second-order valence-corrected chi connectivity index (χ2v) is 6.71. The van der Waals surface area contributed by atoms with Crippen molar-refractivity contribution in [1.29, 1.82) is 0 Å². The highest BCUT2D eigenvalue weighted by molar-refractivity contribution is 6.21. The van der Waals surface area contributed by atoms with Crippen LogP contribution in [0.3, 0.4) is 0 Å². The molecule has 0 unspecified atom stereocenters. The van der Waals surface area contributed by atoms with E-state index in [1.807, 2.05) is 10.6 Å². The van der Waals surface area contributed by atoms with Crippen LogP contribution in [0.25, 0.3) is 0 Å². The number of amides is 4. The van der Waals surface area contributed by atoms with Crippen LogP contribution in [0.15, 0.2) is 48.5 Å². The second-order valence-electron chi connectivity index (χ2n) is 6.71. The van der Waals surface area contributed by atoms with Gasteiger partial charge in [0, 0.05) is 13.0 Å². The second kappa shape index (κ2) is 9.27. The van der Waals surface area contributed by atoms with Crippen molar-refractivity contribution < 1.29 is 41.8 Å². The van der Waals surface area contributed by atoms with E-state index in [-0.39, 0.29) is 30.3 Å². The first-order chi connectivity index (χ1) is 15.1. The van der Waals surface area contributed by atoms with Gasteiger partial charge in [0.25, 0.3) is 17.4 Å². The molecule has 4 amide bonds. The lowest BCUT2D eigenvalue weighted by Crippen LogP contribution is -2.69. The minimum Gasteiger partial charge on any atom is -0.467 e. The maximum absolute atomic E-state index is 12.7. The molecule has 0 aromatic heterocycles. The molecule has 0 spiro atoms. The fraction of sp³-hybridized carbons (Fsp3) is 0.286. The molecule has 0 aliphatic carbocycles. The molecule has 2 N–H and O–H groups in total. The van der Waals surface area contributed by atoms with E-state index in [1.54, 1.807) is 6.92 Å². The monoisotopic (exact) mass is 452 g/mol. The predicted octanol–water partition coefficient (Wildman–Crippen LogP) is 3.41. The van der Waals surface area contributed by atoms with Crippen LogP contribution in [-0.4, -0.2) is 36.7 Å². The summed E-state index contributed by atoms with van der Waals surface area (Å²) in [7, 11) is 0. The zero-order valence-corrected chi connectivity index (χ0v) is 16.8. The molecular weight excluding hydrogens is 433 g/mol. The zero-order valence-electron chi connectivity index (χ0n) is 16.8.